The summed E-state index contributed by atoms with van der Waals surface area (Å²) >= 11 is 5.65. The Morgan fingerprint density at radius 3 is 2.25 bits per heavy atom. The standard InChI is InChI=1S/C7H6Cl/c1-6-4-2-3-5-7(6)8/h2-5H,1H2. The van der Waals surface area contributed by atoms with Crippen molar-refractivity contribution >= 4 is 11.6 Å². The third kappa shape index (κ3) is 1.01. The highest BCUT2D eigenvalue weighted by Gasteiger charge is 1.86. The maximum Gasteiger partial charge on any atom is 0.0438 e. The minimum Gasteiger partial charge on any atom is -0.0840 e. The summed E-state index contributed by atoms with van der Waals surface area (Å²) in [7, 11) is 0. The monoisotopic (exact) mass is 125 g/mol. The molecule has 0 N–H and O–H groups in total. The summed E-state index contributed by atoms with van der Waals surface area (Å²) in [5.74, 6) is 0. The Bertz CT molecular complexity index is 160. The predicted octanol–water partition coefficient (Wildman–Crippen LogP) is 2.52. The van der Waals surface area contributed by atoms with E-state index in [1.54, 1.807) is 0 Å². The van der Waals surface area contributed by atoms with Gasteiger partial charge in [-0.2, -0.15) is 0 Å². The molecule has 0 nitrogen and oxygen atoms in total. The van der Waals surface area contributed by atoms with Crippen LogP contribution in [-0.4, -0.2) is 0 Å². The first kappa shape index (κ1) is 5.64. The third-order valence-electron chi connectivity index (χ3n) is 0.958. The molecule has 0 saturated heterocycles. The van der Waals surface area contributed by atoms with Crippen LogP contribution < -0.4 is 0 Å². The van der Waals surface area contributed by atoms with Gasteiger partial charge in [0.2, 0.25) is 0 Å². The summed E-state index contributed by atoms with van der Waals surface area (Å²) in [6.07, 6.45) is 0. The van der Waals surface area contributed by atoms with E-state index in [0.717, 1.165) is 10.6 Å². The number of benzene rings is 1. The third-order valence-corrected chi connectivity index (χ3v) is 1.33. The van der Waals surface area contributed by atoms with Gasteiger partial charge in [0.05, 0.1) is 0 Å². The van der Waals surface area contributed by atoms with Gasteiger partial charge in [-0.05, 0) is 18.6 Å². The van der Waals surface area contributed by atoms with Crippen LogP contribution in [0.5, 0.6) is 0 Å². The van der Waals surface area contributed by atoms with Gasteiger partial charge in [-0.1, -0.05) is 29.8 Å². The van der Waals surface area contributed by atoms with Crippen LogP contribution >= 0.6 is 11.6 Å². The number of rotatable bonds is 0. The van der Waals surface area contributed by atoms with E-state index in [2.05, 4.69) is 6.92 Å². The molecule has 0 spiro atoms. The van der Waals surface area contributed by atoms with Gasteiger partial charge in [0.25, 0.3) is 0 Å². The largest absolute Gasteiger partial charge is 0.0840 e. The van der Waals surface area contributed by atoms with E-state index in [-0.39, 0.29) is 0 Å². The van der Waals surface area contributed by atoms with Crippen molar-refractivity contribution in [1.29, 1.82) is 0 Å². The Hall–Kier alpha value is -0.490. The molecule has 8 heavy (non-hydrogen) atoms. The lowest BCUT2D eigenvalue weighted by atomic mass is 10.2. The zero-order chi connectivity index (χ0) is 5.98. The molecule has 0 aliphatic rings. The lowest BCUT2D eigenvalue weighted by molar-refractivity contribution is 1.61. The van der Waals surface area contributed by atoms with Crippen molar-refractivity contribution in [3.8, 4) is 0 Å². The Morgan fingerprint density at radius 2 is 1.88 bits per heavy atom. The maximum atomic E-state index is 5.65. The van der Waals surface area contributed by atoms with Crippen LogP contribution in [0.3, 0.4) is 0 Å². The van der Waals surface area contributed by atoms with Gasteiger partial charge < -0.3 is 0 Å². The molecule has 1 aromatic rings. The first-order valence-electron chi connectivity index (χ1n) is 2.37. The number of hydrogen-bond acceptors (Lipinski definition) is 0. The van der Waals surface area contributed by atoms with Gasteiger partial charge in [0, 0.05) is 5.02 Å². The number of halogens is 1. The van der Waals surface area contributed by atoms with E-state index in [1.807, 2.05) is 24.3 Å². The Morgan fingerprint density at radius 1 is 1.25 bits per heavy atom. The normalized spacial score (nSPS) is 9.25. The predicted molar refractivity (Wildman–Crippen MR) is 35.9 cm³/mol. The molecule has 1 rings (SSSR count). The lowest BCUT2D eigenvalue weighted by Gasteiger charge is -1.90. The van der Waals surface area contributed by atoms with E-state index in [0.29, 0.717) is 0 Å². The first-order chi connectivity index (χ1) is 3.80. The second-order valence-electron chi connectivity index (χ2n) is 1.59. The molecule has 0 bridgehead atoms. The molecule has 0 aliphatic carbocycles. The van der Waals surface area contributed by atoms with Crippen LogP contribution in [-0.2, 0) is 0 Å². The SMILES string of the molecule is [CH2]c1ccccc1Cl. The smallest absolute Gasteiger partial charge is 0.0438 e. The van der Waals surface area contributed by atoms with Gasteiger partial charge in [0.15, 0.2) is 0 Å². The fourth-order valence-electron chi connectivity index (χ4n) is 0.498. The molecule has 0 unspecified atom stereocenters. The van der Waals surface area contributed by atoms with Crippen LogP contribution in [0.1, 0.15) is 5.56 Å². The van der Waals surface area contributed by atoms with E-state index < -0.39 is 0 Å². The summed E-state index contributed by atoms with van der Waals surface area (Å²) in [6, 6.07) is 7.50. The Balaban J connectivity index is 3.13. The second kappa shape index (κ2) is 2.19. The fraction of sp³-hybridized carbons (Fsp3) is 0. The molecule has 41 valence electrons. The van der Waals surface area contributed by atoms with Crippen LogP contribution in [0.2, 0.25) is 5.02 Å². The second-order valence-corrected chi connectivity index (χ2v) is 2.00. The Kier molecular flexibility index (Phi) is 1.54. The summed E-state index contributed by atoms with van der Waals surface area (Å²) in [4.78, 5) is 0. The minimum absolute atomic E-state index is 0.729. The average molecular weight is 126 g/mol. The van der Waals surface area contributed by atoms with Crippen LogP contribution in [0, 0.1) is 6.92 Å². The highest BCUT2D eigenvalue weighted by Crippen LogP contribution is 2.11. The molecule has 1 heteroatoms. The van der Waals surface area contributed by atoms with Crippen LogP contribution in [0.15, 0.2) is 24.3 Å². The van der Waals surface area contributed by atoms with Gasteiger partial charge in [-0.3, -0.25) is 0 Å². The van der Waals surface area contributed by atoms with Crippen LogP contribution in [0.4, 0.5) is 0 Å². The molecular formula is C7H6Cl. The van der Waals surface area contributed by atoms with Crippen molar-refractivity contribution in [3.05, 3.63) is 41.8 Å². The average Bonchev–Trinajstić information content (AvgIpc) is 1.77. The summed E-state index contributed by atoms with van der Waals surface area (Å²) in [5, 5.41) is 0.729. The summed E-state index contributed by atoms with van der Waals surface area (Å²) in [6.45, 7) is 3.69. The highest BCUT2D eigenvalue weighted by atomic mass is 35.5. The first-order valence-corrected chi connectivity index (χ1v) is 2.75. The van der Waals surface area contributed by atoms with Crippen molar-refractivity contribution in [2.75, 3.05) is 0 Å². The highest BCUT2D eigenvalue weighted by molar-refractivity contribution is 6.31. The van der Waals surface area contributed by atoms with Gasteiger partial charge in [0.1, 0.15) is 0 Å². The molecule has 0 fully saturated rings. The van der Waals surface area contributed by atoms with Crippen molar-refractivity contribution in [2.24, 2.45) is 0 Å². The van der Waals surface area contributed by atoms with Gasteiger partial charge in [-0.25, -0.2) is 0 Å². The topological polar surface area (TPSA) is 0 Å². The van der Waals surface area contributed by atoms with Gasteiger partial charge in [-0.15, -0.1) is 0 Å². The van der Waals surface area contributed by atoms with Crippen molar-refractivity contribution in [1.82, 2.24) is 0 Å². The summed E-state index contributed by atoms with van der Waals surface area (Å²) in [5.41, 5.74) is 0.883. The number of hydrogen-bond donors (Lipinski definition) is 0. The molecule has 0 aliphatic heterocycles. The summed E-state index contributed by atoms with van der Waals surface area (Å²) < 4.78 is 0. The van der Waals surface area contributed by atoms with Crippen molar-refractivity contribution in [2.45, 2.75) is 0 Å². The van der Waals surface area contributed by atoms with Crippen molar-refractivity contribution < 1.29 is 0 Å². The molecule has 0 saturated carbocycles. The molecule has 1 aromatic carbocycles. The van der Waals surface area contributed by atoms with Gasteiger partial charge >= 0.3 is 0 Å². The molecule has 0 atom stereocenters. The molecule has 0 heterocycles. The molecular weight excluding hydrogens is 120 g/mol. The Labute approximate surface area is 54.1 Å². The van der Waals surface area contributed by atoms with E-state index >= 15 is 0 Å². The maximum absolute atomic E-state index is 5.65. The molecule has 0 amide bonds. The molecule has 1 radical (unpaired) electrons. The zero-order valence-electron chi connectivity index (χ0n) is 4.39. The van der Waals surface area contributed by atoms with Crippen LogP contribution in [0.25, 0.3) is 0 Å². The van der Waals surface area contributed by atoms with E-state index in [9.17, 15) is 0 Å². The minimum atomic E-state index is 0.729. The van der Waals surface area contributed by atoms with E-state index in [1.165, 1.54) is 0 Å². The zero-order valence-corrected chi connectivity index (χ0v) is 5.15. The van der Waals surface area contributed by atoms with E-state index in [4.69, 9.17) is 11.6 Å². The molecule has 0 aromatic heterocycles. The lowest BCUT2D eigenvalue weighted by Crippen LogP contribution is -1.68. The quantitative estimate of drug-likeness (QED) is 0.500. The fourth-order valence-corrected chi connectivity index (χ4v) is 0.634. The van der Waals surface area contributed by atoms with Crippen molar-refractivity contribution in [3.63, 3.8) is 0 Å².